The van der Waals surface area contributed by atoms with E-state index in [1.165, 1.54) is 16.2 Å². The molecule has 124 valence electrons. The molecule has 0 saturated heterocycles. The first-order chi connectivity index (χ1) is 11.5. The van der Waals surface area contributed by atoms with Crippen molar-refractivity contribution < 1.29 is 4.79 Å². The molecule has 3 aromatic rings. The summed E-state index contributed by atoms with van der Waals surface area (Å²) >= 11 is 9.44. The highest BCUT2D eigenvalue weighted by atomic mass is 35.5. The summed E-state index contributed by atoms with van der Waals surface area (Å²) in [5.74, 6) is -0.273. The molecule has 6 heteroatoms. The van der Waals surface area contributed by atoms with Crippen molar-refractivity contribution in [3.05, 3.63) is 55.5 Å². The smallest absolute Gasteiger partial charge is 0.266 e. The molecule has 0 spiro atoms. The Kier molecular flexibility index (Phi) is 5.04. The Morgan fingerprint density at radius 2 is 2.04 bits per heavy atom. The Morgan fingerprint density at radius 3 is 2.75 bits per heavy atom. The van der Waals surface area contributed by atoms with E-state index < -0.39 is 0 Å². The molecular weight excluding hydrogens is 360 g/mol. The van der Waals surface area contributed by atoms with Crippen LogP contribution in [0.3, 0.4) is 0 Å². The summed E-state index contributed by atoms with van der Waals surface area (Å²) in [6.45, 7) is 6.03. The van der Waals surface area contributed by atoms with E-state index in [2.05, 4.69) is 23.5 Å². The molecule has 0 atom stereocenters. The van der Waals surface area contributed by atoms with Gasteiger partial charge in [0.05, 0.1) is 15.6 Å². The van der Waals surface area contributed by atoms with Crippen LogP contribution >= 0.6 is 34.3 Å². The molecular formula is C18H17ClN2OS2. The second-order valence-electron chi connectivity index (χ2n) is 5.50. The Morgan fingerprint density at radius 1 is 1.25 bits per heavy atom. The lowest BCUT2D eigenvalue weighted by atomic mass is 10.2. The van der Waals surface area contributed by atoms with E-state index in [4.69, 9.17) is 11.6 Å². The van der Waals surface area contributed by atoms with Crippen molar-refractivity contribution in [3.8, 4) is 0 Å². The standard InChI is InChI=1S/C18H17ClN2OS2/c1-4-12-6-8-14(23-12)11(3)20-21-18(22)17-16(19)13-7-5-10(2)9-15(13)24-17/h5-9H,4H2,1-3H3,(H,21,22)/b20-11+. The lowest BCUT2D eigenvalue weighted by Crippen LogP contribution is -2.18. The predicted octanol–water partition coefficient (Wildman–Crippen LogP) is 5.64. The van der Waals surface area contributed by atoms with Gasteiger partial charge < -0.3 is 0 Å². The first-order valence-electron chi connectivity index (χ1n) is 7.62. The molecule has 2 aromatic heterocycles. The minimum absolute atomic E-state index is 0.273. The molecule has 0 saturated carbocycles. The number of rotatable bonds is 4. The molecule has 3 nitrogen and oxygen atoms in total. The number of hydrazone groups is 1. The third-order valence-corrected chi connectivity index (χ3v) is 6.68. The highest BCUT2D eigenvalue weighted by Gasteiger charge is 2.17. The van der Waals surface area contributed by atoms with Crippen molar-refractivity contribution in [3.63, 3.8) is 0 Å². The van der Waals surface area contributed by atoms with Gasteiger partial charge in [0.15, 0.2) is 0 Å². The van der Waals surface area contributed by atoms with Crippen molar-refractivity contribution in [2.45, 2.75) is 27.2 Å². The van der Waals surface area contributed by atoms with Crippen LogP contribution in [0, 0.1) is 6.92 Å². The molecule has 2 heterocycles. The quantitative estimate of drug-likeness (QED) is 0.464. The number of aryl methyl sites for hydroxylation is 2. The predicted molar refractivity (Wildman–Crippen MR) is 105 cm³/mol. The van der Waals surface area contributed by atoms with Gasteiger partial charge in [0.1, 0.15) is 4.88 Å². The number of benzene rings is 1. The van der Waals surface area contributed by atoms with Gasteiger partial charge in [0, 0.05) is 15.0 Å². The van der Waals surface area contributed by atoms with Crippen molar-refractivity contribution in [2.75, 3.05) is 0 Å². The van der Waals surface area contributed by atoms with E-state index in [-0.39, 0.29) is 5.91 Å². The van der Waals surface area contributed by atoms with E-state index in [1.54, 1.807) is 11.3 Å². The normalized spacial score (nSPS) is 11.9. The maximum Gasteiger partial charge on any atom is 0.283 e. The van der Waals surface area contributed by atoms with E-state index >= 15 is 0 Å². The number of carbonyl (C=O) groups excluding carboxylic acids is 1. The average Bonchev–Trinajstić information content (AvgIpc) is 3.17. The molecule has 0 unspecified atom stereocenters. The summed E-state index contributed by atoms with van der Waals surface area (Å²) in [6.07, 6.45) is 1.00. The second kappa shape index (κ2) is 7.05. The summed E-state index contributed by atoms with van der Waals surface area (Å²) < 4.78 is 1.01. The topological polar surface area (TPSA) is 41.5 Å². The number of hydrogen-bond acceptors (Lipinski definition) is 4. The molecule has 3 rings (SSSR count). The maximum atomic E-state index is 12.4. The number of amides is 1. The van der Waals surface area contributed by atoms with E-state index in [9.17, 15) is 4.79 Å². The van der Waals surface area contributed by atoms with Gasteiger partial charge in [-0.25, -0.2) is 5.43 Å². The van der Waals surface area contributed by atoms with Crippen LogP contribution in [0.2, 0.25) is 5.02 Å². The third-order valence-electron chi connectivity index (χ3n) is 3.68. The third kappa shape index (κ3) is 3.38. The summed E-state index contributed by atoms with van der Waals surface area (Å²) in [4.78, 5) is 15.3. The van der Waals surface area contributed by atoms with Gasteiger partial charge in [0.2, 0.25) is 0 Å². The van der Waals surface area contributed by atoms with Crippen molar-refractivity contribution >= 4 is 56.0 Å². The van der Waals surface area contributed by atoms with Crippen LogP contribution in [0.25, 0.3) is 10.1 Å². The Hall–Kier alpha value is -1.69. The fourth-order valence-electron chi connectivity index (χ4n) is 2.32. The highest BCUT2D eigenvalue weighted by Crippen LogP contribution is 2.35. The molecule has 0 bridgehead atoms. The zero-order valence-corrected chi connectivity index (χ0v) is 16.0. The highest BCUT2D eigenvalue weighted by molar-refractivity contribution is 7.21. The van der Waals surface area contributed by atoms with Gasteiger partial charge in [-0.05, 0) is 44.0 Å². The van der Waals surface area contributed by atoms with Crippen LogP contribution in [0.1, 0.15) is 38.8 Å². The number of halogens is 1. The fraction of sp³-hybridized carbons (Fsp3) is 0.222. The summed E-state index contributed by atoms with van der Waals surface area (Å²) in [5.41, 5.74) is 4.56. The summed E-state index contributed by atoms with van der Waals surface area (Å²) in [5, 5.41) is 5.62. The average molecular weight is 377 g/mol. The zero-order chi connectivity index (χ0) is 17.3. The minimum atomic E-state index is -0.273. The zero-order valence-electron chi connectivity index (χ0n) is 13.6. The van der Waals surface area contributed by atoms with E-state index in [1.807, 2.05) is 38.1 Å². The lowest BCUT2D eigenvalue weighted by Gasteiger charge is -2.00. The number of carbonyl (C=O) groups is 1. The van der Waals surface area contributed by atoms with Gasteiger partial charge in [-0.2, -0.15) is 5.10 Å². The monoisotopic (exact) mass is 376 g/mol. The van der Waals surface area contributed by atoms with Crippen LogP contribution < -0.4 is 5.43 Å². The van der Waals surface area contributed by atoms with Crippen molar-refractivity contribution in [1.29, 1.82) is 0 Å². The van der Waals surface area contributed by atoms with Gasteiger partial charge in [-0.1, -0.05) is 30.7 Å². The Bertz CT molecular complexity index is 940. The van der Waals surface area contributed by atoms with Crippen LogP contribution in [0.4, 0.5) is 0 Å². The van der Waals surface area contributed by atoms with Gasteiger partial charge in [-0.15, -0.1) is 22.7 Å². The van der Waals surface area contributed by atoms with Crippen LogP contribution in [0.5, 0.6) is 0 Å². The second-order valence-corrected chi connectivity index (χ2v) is 8.10. The lowest BCUT2D eigenvalue weighted by molar-refractivity contribution is 0.0959. The SMILES string of the molecule is CCc1ccc(/C(C)=N/NC(=O)c2sc3cc(C)ccc3c2Cl)s1. The van der Waals surface area contributed by atoms with Gasteiger partial charge in [0.25, 0.3) is 5.91 Å². The fourth-order valence-corrected chi connectivity index (χ4v) is 4.72. The maximum absolute atomic E-state index is 12.4. The Labute approximate surface area is 154 Å². The molecule has 0 aliphatic carbocycles. The molecule has 0 aliphatic heterocycles. The van der Waals surface area contributed by atoms with Crippen LogP contribution in [0.15, 0.2) is 35.4 Å². The van der Waals surface area contributed by atoms with Crippen LogP contribution in [-0.4, -0.2) is 11.6 Å². The number of thiophene rings is 2. The number of nitrogens with zero attached hydrogens (tertiary/aromatic N) is 1. The molecule has 0 fully saturated rings. The van der Waals surface area contributed by atoms with Gasteiger partial charge in [-0.3, -0.25) is 4.79 Å². The first-order valence-corrected chi connectivity index (χ1v) is 9.63. The van der Waals surface area contributed by atoms with Crippen molar-refractivity contribution in [2.24, 2.45) is 5.10 Å². The Balaban J connectivity index is 1.82. The molecule has 0 aliphatic rings. The van der Waals surface area contributed by atoms with Gasteiger partial charge >= 0.3 is 0 Å². The molecule has 1 aromatic carbocycles. The largest absolute Gasteiger partial charge is 0.283 e. The molecule has 24 heavy (non-hydrogen) atoms. The van der Waals surface area contributed by atoms with Crippen molar-refractivity contribution in [1.82, 2.24) is 5.43 Å². The summed E-state index contributed by atoms with van der Waals surface area (Å²) in [6, 6.07) is 10.1. The number of nitrogens with one attached hydrogen (secondary N) is 1. The first kappa shape index (κ1) is 17.1. The number of hydrogen-bond donors (Lipinski definition) is 1. The minimum Gasteiger partial charge on any atom is -0.266 e. The van der Waals surface area contributed by atoms with E-state index in [0.29, 0.717) is 9.90 Å². The summed E-state index contributed by atoms with van der Waals surface area (Å²) in [7, 11) is 0. The molecule has 0 radical (unpaired) electrons. The molecule has 1 N–H and O–H groups in total. The number of fused-ring (bicyclic) bond motifs is 1. The van der Waals surface area contributed by atoms with Crippen LogP contribution in [-0.2, 0) is 6.42 Å². The van der Waals surface area contributed by atoms with E-state index in [0.717, 1.165) is 32.7 Å². The molecule has 1 amide bonds.